The van der Waals surface area contributed by atoms with Crippen molar-refractivity contribution in [2.24, 2.45) is 0 Å². The number of unbranched alkanes of at least 4 members (excludes halogenated alkanes) is 1. The first-order valence-electron chi connectivity index (χ1n) is 12.9. The molecular weight excluding hydrogens is 440 g/mol. The van der Waals surface area contributed by atoms with Crippen molar-refractivity contribution < 1.29 is 18.7 Å². The van der Waals surface area contributed by atoms with Crippen molar-refractivity contribution in [3.63, 3.8) is 0 Å². The van der Waals surface area contributed by atoms with Gasteiger partial charge in [-0.1, -0.05) is 94.8 Å². The molecule has 0 N–H and O–H groups in total. The highest BCUT2D eigenvalue weighted by Gasteiger charge is 2.57. The molecule has 5 heteroatoms. The van der Waals surface area contributed by atoms with Crippen LogP contribution in [0.1, 0.15) is 66.2 Å². The van der Waals surface area contributed by atoms with Gasteiger partial charge in [-0.3, -0.25) is 4.79 Å². The standard InChI is InChI=1S/C29H40O4Si/c1-5-6-21-31-26-18-17-23(33-29(19-20-29)27(26)30)22-32-34(28(2,3)4,24-13-9-7-10-14-24)25-15-11-8-12-16-25/h7-16,23,26H,5-6,17-22H2,1-4H3/t23-,26+/m0/s1. The number of hydrogen-bond acceptors (Lipinski definition) is 4. The van der Waals surface area contributed by atoms with Gasteiger partial charge in [0, 0.05) is 6.61 Å². The largest absolute Gasteiger partial charge is 0.405 e. The molecule has 4 nitrogen and oxygen atoms in total. The fourth-order valence-corrected chi connectivity index (χ4v) is 9.89. The summed E-state index contributed by atoms with van der Waals surface area (Å²) < 4.78 is 19.6. The fourth-order valence-electron chi connectivity index (χ4n) is 5.30. The van der Waals surface area contributed by atoms with Crippen LogP contribution in [0.25, 0.3) is 0 Å². The Morgan fingerprint density at radius 3 is 2.06 bits per heavy atom. The van der Waals surface area contributed by atoms with Crippen LogP contribution in [-0.4, -0.2) is 45.1 Å². The first-order valence-corrected chi connectivity index (χ1v) is 14.8. The van der Waals surface area contributed by atoms with Crippen molar-refractivity contribution in [1.82, 2.24) is 0 Å². The smallest absolute Gasteiger partial charge is 0.261 e. The van der Waals surface area contributed by atoms with Gasteiger partial charge in [0.2, 0.25) is 0 Å². The third-order valence-electron chi connectivity index (χ3n) is 7.31. The van der Waals surface area contributed by atoms with Crippen LogP contribution in [0, 0.1) is 0 Å². The summed E-state index contributed by atoms with van der Waals surface area (Å²) in [6, 6.07) is 21.4. The Morgan fingerprint density at radius 1 is 0.971 bits per heavy atom. The molecule has 0 radical (unpaired) electrons. The van der Waals surface area contributed by atoms with Crippen LogP contribution in [0.15, 0.2) is 60.7 Å². The van der Waals surface area contributed by atoms with Crippen molar-refractivity contribution in [2.45, 2.75) is 89.1 Å². The number of rotatable bonds is 9. The summed E-state index contributed by atoms with van der Waals surface area (Å²) in [5.74, 6) is 0.150. The average molecular weight is 481 g/mol. The van der Waals surface area contributed by atoms with Crippen LogP contribution in [0.4, 0.5) is 0 Å². The minimum Gasteiger partial charge on any atom is -0.405 e. The molecule has 34 heavy (non-hydrogen) atoms. The molecule has 0 aromatic heterocycles. The Kier molecular flexibility index (Phi) is 7.78. The normalized spacial score (nSPS) is 22.5. The third-order valence-corrected chi connectivity index (χ3v) is 12.3. The molecule has 1 heterocycles. The number of hydrogen-bond donors (Lipinski definition) is 0. The van der Waals surface area contributed by atoms with E-state index in [1.165, 1.54) is 10.4 Å². The fraction of sp³-hybridized carbons (Fsp3) is 0.552. The molecule has 2 aromatic rings. The molecule has 0 amide bonds. The first-order chi connectivity index (χ1) is 16.3. The van der Waals surface area contributed by atoms with Crippen molar-refractivity contribution in [3.05, 3.63) is 60.7 Å². The van der Waals surface area contributed by atoms with Crippen LogP contribution >= 0.6 is 0 Å². The summed E-state index contributed by atoms with van der Waals surface area (Å²) >= 11 is 0. The second-order valence-electron chi connectivity index (χ2n) is 10.9. The minimum atomic E-state index is -2.63. The van der Waals surface area contributed by atoms with E-state index < -0.39 is 13.9 Å². The van der Waals surface area contributed by atoms with E-state index in [9.17, 15) is 4.79 Å². The zero-order chi connectivity index (χ0) is 24.2. The second-order valence-corrected chi connectivity index (χ2v) is 15.2. The molecule has 184 valence electrons. The molecule has 1 saturated carbocycles. The molecule has 2 atom stereocenters. The zero-order valence-electron chi connectivity index (χ0n) is 21.2. The van der Waals surface area contributed by atoms with Gasteiger partial charge >= 0.3 is 0 Å². The molecular formula is C29H40O4Si. The van der Waals surface area contributed by atoms with Crippen molar-refractivity contribution in [3.8, 4) is 0 Å². The molecule has 0 bridgehead atoms. The van der Waals surface area contributed by atoms with E-state index in [1.807, 2.05) is 0 Å². The number of carbonyl (C=O) groups excluding carboxylic acids is 1. The van der Waals surface area contributed by atoms with Gasteiger partial charge in [-0.25, -0.2) is 0 Å². The Balaban J connectivity index is 1.59. The predicted octanol–water partition coefficient (Wildman–Crippen LogP) is 5.03. The van der Waals surface area contributed by atoms with E-state index in [4.69, 9.17) is 13.9 Å². The van der Waals surface area contributed by atoms with Gasteiger partial charge < -0.3 is 13.9 Å². The highest BCUT2D eigenvalue weighted by atomic mass is 28.4. The molecule has 2 aromatic carbocycles. The van der Waals surface area contributed by atoms with E-state index in [2.05, 4.69) is 88.4 Å². The van der Waals surface area contributed by atoms with Crippen molar-refractivity contribution in [2.75, 3.05) is 13.2 Å². The zero-order valence-corrected chi connectivity index (χ0v) is 22.2. The summed E-state index contributed by atoms with van der Waals surface area (Å²) in [5.41, 5.74) is -0.646. The van der Waals surface area contributed by atoms with Gasteiger partial charge in [0.1, 0.15) is 11.7 Å². The molecule has 1 aliphatic heterocycles. The molecule has 1 spiro atoms. The number of ketones is 1. The van der Waals surface area contributed by atoms with Gasteiger partial charge in [-0.2, -0.15) is 0 Å². The molecule has 1 saturated heterocycles. The van der Waals surface area contributed by atoms with E-state index in [1.54, 1.807) is 0 Å². The Labute approximate surface area is 206 Å². The van der Waals surface area contributed by atoms with Gasteiger partial charge in [0.15, 0.2) is 5.78 Å². The highest BCUT2D eigenvalue weighted by molar-refractivity contribution is 6.99. The maximum atomic E-state index is 13.2. The number of benzene rings is 2. The van der Waals surface area contributed by atoms with Crippen LogP contribution in [0.3, 0.4) is 0 Å². The lowest BCUT2D eigenvalue weighted by Gasteiger charge is -2.43. The van der Waals surface area contributed by atoms with Crippen molar-refractivity contribution >= 4 is 24.5 Å². The average Bonchev–Trinajstić information content (AvgIpc) is 3.63. The number of Topliss-reactive ketones (excluding diaryl/α,β-unsaturated/α-hetero) is 1. The van der Waals surface area contributed by atoms with E-state index in [-0.39, 0.29) is 23.0 Å². The van der Waals surface area contributed by atoms with E-state index in [0.29, 0.717) is 19.6 Å². The molecule has 0 unspecified atom stereocenters. The first kappa shape index (κ1) is 25.3. The summed E-state index contributed by atoms with van der Waals surface area (Å²) in [4.78, 5) is 13.2. The van der Waals surface area contributed by atoms with Crippen LogP contribution in [0.2, 0.25) is 5.04 Å². The lowest BCUT2D eigenvalue weighted by molar-refractivity contribution is -0.146. The Bertz CT molecular complexity index is 894. The lowest BCUT2D eigenvalue weighted by Crippen LogP contribution is -2.67. The third kappa shape index (κ3) is 5.08. The molecule has 2 fully saturated rings. The Morgan fingerprint density at radius 2 is 1.56 bits per heavy atom. The summed E-state index contributed by atoms with van der Waals surface area (Å²) in [7, 11) is -2.63. The van der Waals surface area contributed by atoms with E-state index >= 15 is 0 Å². The summed E-state index contributed by atoms with van der Waals surface area (Å²) in [6.07, 6.45) is 4.70. The lowest BCUT2D eigenvalue weighted by atomic mass is 10.0. The van der Waals surface area contributed by atoms with Crippen LogP contribution in [-0.2, 0) is 18.7 Å². The maximum Gasteiger partial charge on any atom is 0.261 e. The topological polar surface area (TPSA) is 44.8 Å². The molecule has 4 rings (SSSR count). The summed E-state index contributed by atoms with van der Waals surface area (Å²) in [6.45, 7) is 10.1. The van der Waals surface area contributed by atoms with Gasteiger partial charge in [0.05, 0.1) is 12.7 Å². The predicted molar refractivity (Wildman–Crippen MR) is 139 cm³/mol. The van der Waals surface area contributed by atoms with Gasteiger partial charge in [0.25, 0.3) is 8.32 Å². The quantitative estimate of drug-likeness (QED) is 0.373. The van der Waals surface area contributed by atoms with E-state index in [0.717, 1.165) is 32.1 Å². The van der Waals surface area contributed by atoms with Crippen molar-refractivity contribution in [1.29, 1.82) is 0 Å². The molecule has 2 aliphatic rings. The highest BCUT2D eigenvalue weighted by Crippen LogP contribution is 2.46. The SMILES string of the molecule is CCCCO[C@@H]1CC[C@@H](CO[Si](c2ccccc2)(c2ccccc2)C(C)(C)C)OC2(CC2)C1=O. The van der Waals surface area contributed by atoms with Crippen LogP contribution in [0.5, 0.6) is 0 Å². The second kappa shape index (κ2) is 10.4. The van der Waals surface area contributed by atoms with Gasteiger partial charge in [-0.15, -0.1) is 0 Å². The molecule has 1 aliphatic carbocycles. The minimum absolute atomic E-state index is 0.0840. The van der Waals surface area contributed by atoms with Crippen LogP contribution < -0.4 is 10.4 Å². The van der Waals surface area contributed by atoms with Gasteiger partial charge in [-0.05, 0) is 47.5 Å². The Hall–Kier alpha value is -1.79. The maximum absolute atomic E-state index is 13.2. The summed E-state index contributed by atoms with van der Waals surface area (Å²) in [5, 5.41) is 2.44. The number of carbonyl (C=O) groups is 1. The number of ether oxygens (including phenoxy) is 2. The monoisotopic (exact) mass is 480 g/mol.